The molecule has 1 N–H and O–H groups in total. The van der Waals surface area contributed by atoms with Crippen molar-refractivity contribution in [1.82, 2.24) is 14.7 Å². The van der Waals surface area contributed by atoms with Crippen molar-refractivity contribution in [3.8, 4) is 0 Å². The van der Waals surface area contributed by atoms with Crippen LogP contribution in [0, 0.1) is 6.92 Å². The lowest BCUT2D eigenvalue weighted by Gasteiger charge is -2.17. The van der Waals surface area contributed by atoms with Gasteiger partial charge in [0.2, 0.25) is 5.91 Å². The number of hydrogen-bond donors (Lipinski definition) is 1. The first-order valence-corrected chi connectivity index (χ1v) is 8.47. The Hall–Kier alpha value is -3.15. The highest BCUT2D eigenvalue weighted by atomic mass is 16.2. The second-order valence-electron chi connectivity index (χ2n) is 6.43. The number of hydrogen-bond acceptors (Lipinski definition) is 3. The number of benzene rings is 2. The van der Waals surface area contributed by atoms with Crippen LogP contribution in [0.5, 0.6) is 0 Å². The summed E-state index contributed by atoms with van der Waals surface area (Å²) in [4.78, 5) is 38.5. The van der Waals surface area contributed by atoms with E-state index in [-0.39, 0.29) is 30.0 Å². The van der Waals surface area contributed by atoms with Gasteiger partial charge in [-0.15, -0.1) is 0 Å². The first-order chi connectivity index (χ1) is 12.5. The smallest absolute Gasteiger partial charge is 0.273 e. The summed E-state index contributed by atoms with van der Waals surface area (Å²) in [5.41, 5.74) is 1.58. The number of carbonyl (C=O) groups excluding carboxylic acids is 1. The average molecular weight is 351 g/mol. The molecule has 0 aliphatic heterocycles. The minimum Gasteiger partial charge on any atom is -0.341 e. The van der Waals surface area contributed by atoms with Crippen LogP contribution >= 0.6 is 0 Å². The Morgan fingerprint density at radius 2 is 1.69 bits per heavy atom. The predicted molar refractivity (Wildman–Crippen MR) is 101 cm³/mol. The van der Waals surface area contributed by atoms with E-state index in [0.29, 0.717) is 17.3 Å². The fraction of sp³-hybridized carbons (Fsp3) is 0.250. The monoisotopic (exact) mass is 351 g/mol. The molecular weight excluding hydrogens is 330 g/mol. The standard InChI is InChI=1S/C20H21N3O3/c1-14-7-9-15(10-8-14)13-22(2)18(24)11-12-23-20(26)17-6-4-3-5-16(17)19(25)21-23/h3-10H,11-13H2,1-2H3,(H,21,25). The maximum atomic E-state index is 12.5. The summed E-state index contributed by atoms with van der Waals surface area (Å²) in [7, 11) is 1.73. The number of aryl methyl sites for hydroxylation is 2. The van der Waals surface area contributed by atoms with Crippen molar-refractivity contribution in [2.75, 3.05) is 7.05 Å². The maximum Gasteiger partial charge on any atom is 0.273 e. The fourth-order valence-electron chi connectivity index (χ4n) is 2.86. The van der Waals surface area contributed by atoms with Crippen LogP contribution in [0.4, 0.5) is 0 Å². The van der Waals surface area contributed by atoms with Crippen LogP contribution in [-0.4, -0.2) is 27.6 Å². The molecule has 0 saturated heterocycles. The van der Waals surface area contributed by atoms with E-state index in [1.54, 1.807) is 36.2 Å². The number of amides is 1. The van der Waals surface area contributed by atoms with E-state index in [1.165, 1.54) is 10.2 Å². The summed E-state index contributed by atoms with van der Waals surface area (Å²) in [6, 6.07) is 14.7. The predicted octanol–water partition coefficient (Wildman–Crippen LogP) is 2.05. The Labute approximate surface area is 150 Å². The van der Waals surface area contributed by atoms with Crippen LogP contribution in [0.3, 0.4) is 0 Å². The second kappa shape index (κ2) is 7.39. The van der Waals surface area contributed by atoms with Crippen molar-refractivity contribution in [3.05, 3.63) is 80.4 Å². The van der Waals surface area contributed by atoms with Gasteiger partial charge in [-0.25, -0.2) is 4.68 Å². The van der Waals surface area contributed by atoms with Gasteiger partial charge in [0.15, 0.2) is 0 Å². The largest absolute Gasteiger partial charge is 0.341 e. The van der Waals surface area contributed by atoms with E-state index >= 15 is 0 Å². The van der Waals surface area contributed by atoms with Gasteiger partial charge in [0.25, 0.3) is 11.1 Å². The van der Waals surface area contributed by atoms with Gasteiger partial charge in [-0.2, -0.15) is 0 Å². The lowest BCUT2D eigenvalue weighted by molar-refractivity contribution is -0.130. The SMILES string of the molecule is Cc1ccc(CN(C)C(=O)CCn2[nH]c(=O)c3ccccc3c2=O)cc1. The molecule has 0 radical (unpaired) electrons. The van der Waals surface area contributed by atoms with E-state index in [0.717, 1.165) is 5.56 Å². The lowest BCUT2D eigenvalue weighted by Crippen LogP contribution is -2.33. The normalized spacial score (nSPS) is 10.8. The van der Waals surface area contributed by atoms with Crippen molar-refractivity contribution in [2.45, 2.75) is 26.4 Å². The molecule has 1 heterocycles. The van der Waals surface area contributed by atoms with Crippen molar-refractivity contribution < 1.29 is 4.79 Å². The summed E-state index contributed by atoms with van der Waals surface area (Å²) in [6.45, 7) is 2.65. The molecule has 2 aromatic carbocycles. The Morgan fingerprint density at radius 3 is 2.38 bits per heavy atom. The third kappa shape index (κ3) is 3.74. The number of nitrogens with one attached hydrogen (secondary N) is 1. The van der Waals surface area contributed by atoms with Crippen molar-refractivity contribution in [3.63, 3.8) is 0 Å². The third-order valence-electron chi connectivity index (χ3n) is 4.40. The zero-order valence-electron chi connectivity index (χ0n) is 14.9. The number of H-pyrrole nitrogens is 1. The summed E-state index contributed by atoms with van der Waals surface area (Å²) in [5, 5.41) is 3.26. The van der Waals surface area contributed by atoms with Gasteiger partial charge in [-0.3, -0.25) is 19.5 Å². The molecule has 6 heteroatoms. The molecule has 1 aromatic heterocycles. The molecule has 134 valence electrons. The second-order valence-corrected chi connectivity index (χ2v) is 6.43. The van der Waals surface area contributed by atoms with Crippen molar-refractivity contribution in [2.24, 2.45) is 0 Å². The van der Waals surface area contributed by atoms with Gasteiger partial charge in [0.05, 0.1) is 17.3 Å². The van der Waals surface area contributed by atoms with Gasteiger partial charge in [-0.05, 0) is 24.6 Å². The van der Waals surface area contributed by atoms with Gasteiger partial charge >= 0.3 is 0 Å². The highest BCUT2D eigenvalue weighted by molar-refractivity contribution is 5.80. The van der Waals surface area contributed by atoms with Crippen LogP contribution in [0.1, 0.15) is 17.5 Å². The summed E-state index contributed by atoms with van der Waals surface area (Å²) in [5.74, 6) is -0.0912. The molecule has 0 unspecified atom stereocenters. The first-order valence-electron chi connectivity index (χ1n) is 8.47. The van der Waals surface area contributed by atoms with Gasteiger partial charge in [0, 0.05) is 20.0 Å². The number of aromatic amines is 1. The highest BCUT2D eigenvalue weighted by Gasteiger charge is 2.12. The molecule has 0 atom stereocenters. The van der Waals surface area contributed by atoms with Gasteiger partial charge in [-0.1, -0.05) is 42.0 Å². The van der Waals surface area contributed by atoms with E-state index in [2.05, 4.69) is 5.10 Å². The van der Waals surface area contributed by atoms with Crippen molar-refractivity contribution >= 4 is 16.7 Å². The van der Waals surface area contributed by atoms with Crippen LogP contribution < -0.4 is 11.1 Å². The number of fused-ring (bicyclic) bond motifs is 1. The Morgan fingerprint density at radius 1 is 1.04 bits per heavy atom. The van der Waals surface area contributed by atoms with Crippen molar-refractivity contribution in [1.29, 1.82) is 0 Å². The highest BCUT2D eigenvalue weighted by Crippen LogP contribution is 2.07. The zero-order chi connectivity index (χ0) is 18.7. The molecule has 0 spiro atoms. The Bertz CT molecular complexity index is 1050. The molecule has 0 aliphatic rings. The summed E-state index contributed by atoms with van der Waals surface area (Å²) in [6.07, 6.45) is 0.135. The van der Waals surface area contributed by atoms with Crippen LogP contribution in [0.15, 0.2) is 58.1 Å². The van der Waals surface area contributed by atoms with Crippen LogP contribution in [0.2, 0.25) is 0 Å². The van der Waals surface area contributed by atoms with Gasteiger partial charge < -0.3 is 4.90 Å². The molecular formula is C20H21N3O3. The van der Waals surface area contributed by atoms with E-state index in [1.807, 2.05) is 31.2 Å². The van der Waals surface area contributed by atoms with E-state index < -0.39 is 0 Å². The molecule has 6 nitrogen and oxygen atoms in total. The summed E-state index contributed by atoms with van der Waals surface area (Å²) >= 11 is 0. The minimum absolute atomic E-state index is 0.0912. The minimum atomic E-state index is -0.333. The molecule has 0 bridgehead atoms. The zero-order valence-corrected chi connectivity index (χ0v) is 14.9. The average Bonchev–Trinajstić information content (AvgIpc) is 2.65. The molecule has 0 aliphatic carbocycles. The topological polar surface area (TPSA) is 75.2 Å². The number of aromatic nitrogens is 2. The Balaban J connectivity index is 1.70. The molecule has 3 rings (SSSR count). The van der Waals surface area contributed by atoms with Gasteiger partial charge in [0.1, 0.15) is 0 Å². The molecule has 3 aromatic rings. The van der Waals surface area contributed by atoms with E-state index in [4.69, 9.17) is 0 Å². The lowest BCUT2D eigenvalue weighted by atomic mass is 10.1. The number of carbonyl (C=O) groups is 1. The third-order valence-corrected chi connectivity index (χ3v) is 4.40. The Kier molecular flexibility index (Phi) is 5.02. The van der Waals surface area contributed by atoms with E-state index in [9.17, 15) is 14.4 Å². The molecule has 1 amide bonds. The molecule has 26 heavy (non-hydrogen) atoms. The maximum absolute atomic E-state index is 12.5. The molecule has 0 fully saturated rings. The van der Waals surface area contributed by atoms with Crippen LogP contribution in [0.25, 0.3) is 10.8 Å². The summed E-state index contributed by atoms with van der Waals surface area (Å²) < 4.78 is 1.21. The number of nitrogens with zero attached hydrogens (tertiary/aromatic N) is 2. The number of rotatable bonds is 5. The van der Waals surface area contributed by atoms with Crippen LogP contribution in [-0.2, 0) is 17.9 Å². The molecule has 0 saturated carbocycles. The quantitative estimate of drug-likeness (QED) is 0.764. The fourth-order valence-corrected chi connectivity index (χ4v) is 2.86. The first kappa shape index (κ1) is 17.7.